The lowest BCUT2D eigenvalue weighted by Crippen LogP contribution is -2.33. The van der Waals surface area contributed by atoms with Crippen LogP contribution in [0.4, 0.5) is 5.95 Å². The van der Waals surface area contributed by atoms with Gasteiger partial charge in [-0.15, -0.1) is 10.2 Å². The van der Waals surface area contributed by atoms with E-state index in [1.165, 1.54) is 31.0 Å². The molecule has 2 aliphatic rings. The van der Waals surface area contributed by atoms with Gasteiger partial charge in [-0.1, -0.05) is 17.8 Å². The van der Waals surface area contributed by atoms with E-state index in [1.807, 2.05) is 18.2 Å². The average Bonchev–Trinajstić information content (AvgIpc) is 3.53. The van der Waals surface area contributed by atoms with E-state index in [9.17, 15) is 4.79 Å². The normalized spacial score (nSPS) is 18.2. The lowest BCUT2D eigenvalue weighted by molar-refractivity contribution is -0.118. The number of aromatic nitrogens is 3. The van der Waals surface area contributed by atoms with Gasteiger partial charge in [0.25, 0.3) is 0 Å². The molecule has 186 valence electrons. The molecule has 0 saturated carbocycles. The number of ether oxygens (including phenoxy) is 3. The molecule has 0 radical (unpaired) electrons. The summed E-state index contributed by atoms with van der Waals surface area (Å²) in [5, 5.41) is 12.7. The van der Waals surface area contributed by atoms with Crippen LogP contribution >= 0.6 is 11.8 Å². The van der Waals surface area contributed by atoms with Crippen molar-refractivity contribution in [2.45, 2.75) is 56.3 Å². The van der Waals surface area contributed by atoms with Crippen LogP contribution in [0.2, 0.25) is 0 Å². The van der Waals surface area contributed by atoms with E-state index in [1.54, 1.807) is 14.2 Å². The van der Waals surface area contributed by atoms with Gasteiger partial charge in [0, 0.05) is 26.2 Å². The van der Waals surface area contributed by atoms with E-state index in [2.05, 4.69) is 25.0 Å². The first-order valence-corrected chi connectivity index (χ1v) is 13.1. The van der Waals surface area contributed by atoms with E-state index in [0.717, 1.165) is 55.8 Å². The van der Waals surface area contributed by atoms with E-state index >= 15 is 0 Å². The topological polar surface area (TPSA) is 90.7 Å². The van der Waals surface area contributed by atoms with Crippen molar-refractivity contribution >= 4 is 23.6 Å². The number of carbonyl (C=O) groups excluding carboxylic acids is 1. The Kier molecular flexibility index (Phi) is 8.92. The minimum atomic E-state index is -0.0170. The Balaban J connectivity index is 1.31. The van der Waals surface area contributed by atoms with Gasteiger partial charge in [0.15, 0.2) is 16.7 Å². The maximum absolute atomic E-state index is 12.5. The number of nitrogens with one attached hydrogen (secondary N) is 1. The first kappa shape index (κ1) is 24.7. The van der Waals surface area contributed by atoms with E-state index in [0.29, 0.717) is 30.2 Å². The summed E-state index contributed by atoms with van der Waals surface area (Å²) in [6.45, 7) is 4.12. The molecule has 4 rings (SSSR count). The summed E-state index contributed by atoms with van der Waals surface area (Å²) in [5.74, 6) is 2.58. The number of hydrogen-bond donors (Lipinski definition) is 1. The van der Waals surface area contributed by atoms with Gasteiger partial charge in [0.05, 0.1) is 32.6 Å². The molecule has 10 heteroatoms. The Bertz CT molecular complexity index is 941. The molecule has 2 fully saturated rings. The first-order chi connectivity index (χ1) is 16.7. The molecular formula is C24H35N5O4S. The van der Waals surface area contributed by atoms with Crippen LogP contribution < -0.4 is 19.7 Å². The second kappa shape index (κ2) is 12.3. The summed E-state index contributed by atoms with van der Waals surface area (Å²) in [6, 6.07) is 5.81. The predicted octanol–water partition coefficient (Wildman–Crippen LogP) is 2.92. The number of carbonyl (C=O) groups is 1. The maximum Gasteiger partial charge on any atom is 0.230 e. The van der Waals surface area contributed by atoms with Crippen molar-refractivity contribution in [3.05, 3.63) is 23.8 Å². The van der Waals surface area contributed by atoms with Crippen molar-refractivity contribution in [2.24, 2.45) is 0 Å². The number of methoxy groups -OCH3 is 2. The molecule has 9 nitrogen and oxygen atoms in total. The zero-order chi connectivity index (χ0) is 23.8. The molecule has 34 heavy (non-hydrogen) atoms. The van der Waals surface area contributed by atoms with Gasteiger partial charge >= 0.3 is 0 Å². The van der Waals surface area contributed by atoms with Crippen molar-refractivity contribution in [1.82, 2.24) is 20.1 Å². The quantitative estimate of drug-likeness (QED) is 0.482. The standard InChI is InChI=1S/C24H35N5O4S/c1-31-20-9-8-18(15-21(20)32-2)10-11-25-22(30)17-34-24-27-26-23(28-12-4-3-5-13-28)29(24)16-19-7-6-14-33-19/h8-9,15,19H,3-7,10-14,16-17H2,1-2H3,(H,25,30)/t19-/m1/s1. The van der Waals surface area contributed by atoms with Gasteiger partial charge in [-0.3, -0.25) is 9.36 Å². The summed E-state index contributed by atoms with van der Waals surface area (Å²) < 4.78 is 18.7. The second-order valence-electron chi connectivity index (χ2n) is 8.65. The van der Waals surface area contributed by atoms with Gasteiger partial charge in [-0.05, 0) is 56.2 Å². The molecule has 2 aromatic rings. The number of anilines is 1. The van der Waals surface area contributed by atoms with Gasteiger partial charge in [0.2, 0.25) is 11.9 Å². The largest absolute Gasteiger partial charge is 0.493 e. The zero-order valence-electron chi connectivity index (χ0n) is 20.1. The van der Waals surface area contributed by atoms with Gasteiger partial charge in [0.1, 0.15) is 0 Å². The third kappa shape index (κ3) is 6.35. The third-order valence-corrected chi connectivity index (χ3v) is 7.23. The Morgan fingerprint density at radius 1 is 1.15 bits per heavy atom. The summed E-state index contributed by atoms with van der Waals surface area (Å²) in [5.41, 5.74) is 1.08. The van der Waals surface area contributed by atoms with Crippen LogP contribution in [0.25, 0.3) is 0 Å². The fourth-order valence-electron chi connectivity index (χ4n) is 4.43. The molecule has 1 amide bonds. The number of thioether (sulfide) groups is 1. The van der Waals surface area contributed by atoms with Gasteiger partial charge in [-0.25, -0.2) is 0 Å². The molecule has 1 aromatic carbocycles. The summed E-state index contributed by atoms with van der Waals surface area (Å²) >= 11 is 1.44. The van der Waals surface area contributed by atoms with Crippen LogP contribution in [-0.4, -0.2) is 73.0 Å². The Labute approximate surface area is 205 Å². The molecule has 0 bridgehead atoms. The van der Waals surface area contributed by atoms with E-state index < -0.39 is 0 Å². The SMILES string of the molecule is COc1ccc(CCNC(=O)CSc2nnc(N3CCCCC3)n2C[C@H]2CCCO2)cc1OC. The number of rotatable bonds is 11. The molecule has 0 unspecified atom stereocenters. The first-order valence-electron chi connectivity index (χ1n) is 12.1. The Morgan fingerprint density at radius 3 is 2.71 bits per heavy atom. The highest BCUT2D eigenvalue weighted by Gasteiger charge is 2.25. The summed E-state index contributed by atoms with van der Waals surface area (Å²) in [4.78, 5) is 14.8. The van der Waals surface area contributed by atoms with Crippen LogP contribution in [0.3, 0.4) is 0 Å². The molecule has 0 aliphatic carbocycles. The highest BCUT2D eigenvalue weighted by Crippen LogP contribution is 2.28. The Morgan fingerprint density at radius 2 is 1.97 bits per heavy atom. The minimum Gasteiger partial charge on any atom is -0.493 e. The molecule has 1 atom stereocenters. The Hall–Kier alpha value is -2.46. The van der Waals surface area contributed by atoms with E-state index in [-0.39, 0.29) is 12.0 Å². The molecule has 1 N–H and O–H groups in total. The molecule has 2 saturated heterocycles. The van der Waals surface area contributed by atoms with Crippen molar-refractivity contribution in [3.63, 3.8) is 0 Å². The lowest BCUT2D eigenvalue weighted by atomic mass is 10.1. The molecule has 3 heterocycles. The van der Waals surface area contributed by atoms with Crippen molar-refractivity contribution in [1.29, 1.82) is 0 Å². The molecule has 0 spiro atoms. The zero-order valence-corrected chi connectivity index (χ0v) is 20.9. The van der Waals surface area contributed by atoms with Gasteiger partial charge in [-0.2, -0.15) is 0 Å². The maximum atomic E-state index is 12.5. The molecule has 1 aromatic heterocycles. The fraction of sp³-hybridized carbons (Fsp3) is 0.625. The van der Waals surface area contributed by atoms with Crippen LogP contribution in [0.1, 0.15) is 37.7 Å². The van der Waals surface area contributed by atoms with Crippen molar-refractivity contribution in [2.75, 3.05) is 51.1 Å². The fourth-order valence-corrected chi connectivity index (χ4v) is 5.20. The third-order valence-electron chi connectivity index (χ3n) is 6.26. The summed E-state index contributed by atoms with van der Waals surface area (Å²) in [6.07, 6.45) is 6.67. The number of nitrogens with zero attached hydrogens (tertiary/aromatic N) is 4. The van der Waals surface area contributed by atoms with Crippen LogP contribution in [0.5, 0.6) is 11.5 Å². The van der Waals surface area contributed by atoms with Crippen LogP contribution in [0.15, 0.2) is 23.4 Å². The summed E-state index contributed by atoms with van der Waals surface area (Å²) in [7, 11) is 3.24. The molecule has 2 aliphatic heterocycles. The highest BCUT2D eigenvalue weighted by atomic mass is 32.2. The van der Waals surface area contributed by atoms with Crippen molar-refractivity contribution in [3.8, 4) is 11.5 Å². The smallest absolute Gasteiger partial charge is 0.230 e. The second-order valence-corrected chi connectivity index (χ2v) is 9.60. The number of benzene rings is 1. The average molecular weight is 490 g/mol. The number of piperidine rings is 1. The van der Waals surface area contributed by atoms with Crippen LogP contribution in [0, 0.1) is 0 Å². The highest BCUT2D eigenvalue weighted by molar-refractivity contribution is 7.99. The molecular weight excluding hydrogens is 454 g/mol. The van der Waals surface area contributed by atoms with Gasteiger partial charge < -0.3 is 24.4 Å². The monoisotopic (exact) mass is 489 g/mol. The van der Waals surface area contributed by atoms with Crippen molar-refractivity contribution < 1.29 is 19.0 Å². The van der Waals surface area contributed by atoms with E-state index in [4.69, 9.17) is 14.2 Å². The minimum absolute atomic E-state index is 0.0170. The lowest BCUT2D eigenvalue weighted by Gasteiger charge is -2.28. The van der Waals surface area contributed by atoms with Crippen LogP contribution in [-0.2, 0) is 22.5 Å². The predicted molar refractivity (Wildman–Crippen MR) is 132 cm³/mol. The number of hydrogen-bond acceptors (Lipinski definition) is 8. The number of amides is 1.